The highest BCUT2D eigenvalue weighted by Gasteiger charge is 2.52. The Morgan fingerprint density at radius 1 is 0.967 bits per heavy atom. The second kappa shape index (κ2) is 22.6. The third-order valence-electron chi connectivity index (χ3n) is 19.5. The molecular formula is C66H60F4N10O12. The van der Waals surface area contributed by atoms with Crippen molar-refractivity contribution in [2.75, 3.05) is 57.4 Å². The number of nitrogens with zero attached hydrogens (tertiary/aromatic N) is 8. The van der Waals surface area contributed by atoms with E-state index in [4.69, 9.17) is 35.3 Å². The number of terminal acetylenes is 1. The van der Waals surface area contributed by atoms with E-state index < -0.39 is 115 Å². The number of nitrogens with one attached hydrogen (secondary N) is 2. The van der Waals surface area contributed by atoms with E-state index in [2.05, 4.69) is 38.0 Å². The van der Waals surface area contributed by atoms with Gasteiger partial charge in [-0.05, 0) is 105 Å². The lowest BCUT2D eigenvalue weighted by Crippen LogP contribution is -2.56. The second-order valence-electron chi connectivity index (χ2n) is 24.6. The van der Waals surface area contributed by atoms with Crippen LogP contribution < -0.4 is 25.8 Å². The smallest absolute Gasteiger partial charge is 0.407 e. The van der Waals surface area contributed by atoms with Gasteiger partial charge in [-0.1, -0.05) is 25.5 Å². The number of piperazine rings is 1. The molecule has 1 aliphatic carbocycles. The van der Waals surface area contributed by atoms with Gasteiger partial charge in [0.05, 0.1) is 63.6 Å². The number of alkyl halides is 1. The molecule has 4 aromatic heterocycles. The number of halogens is 4. The molecule has 4 N–H and O–H groups in total. The number of aliphatic hydroxyl groups excluding tert-OH is 1. The minimum Gasteiger partial charge on any atom is -0.508 e. The van der Waals surface area contributed by atoms with Crippen molar-refractivity contribution in [3.8, 4) is 46.7 Å². The number of phenols is 1. The van der Waals surface area contributed by atoms with Crippen LogP contribution in [-0.4, -0.2) is 151 Å². The number of aliphatic hydroxyl groups is 1. The monoisotopic (exact) mass is 1260 g/mol. The van der Waals surface area contributed by atoms with Crippen LogP contribution in [0.5, 0.6) is 11.8 Å². The van der Waals surface area contributed by atoms with Crippen molar-refractivity contribution in [1.29, 1.82) is 0 Å². The molecule has 3 amide bonds. The number of cyclic esters (lactones) is 1. The zero-order chi connectivity index (χ0) is 64.4. The summed E-state index contributed by atoms with van der Waals surface area (Å²) in [6, 6.07) is 6.27. The number of ether oxygens (including phenoxy) is 4. The minimum absolute atomic E-state index is 0.0107. The number of carbonyl (C=O) groups is 5. The van der Waals surface area contributed by atoms with Crippen molar-refractivity contribution in [1.82, 2.24) is 44.9 Å². The van der Waals surface area contributed by atoms with Crippen molar-refractivity contribution in [3.05, 3.63) is 121 Å². The molecule has 10 heterocycles. The van der Waals surface area contributed by atoms with Crippen LogP contribution in [-0.2, 0) is 58.6 Å². The third kappa shape index (κ3) is 9.59. The van der Waals surface area contributed by atoms with Gasteiger partial charge in [0.15, 0.2) is 5.82 Å². The molecule has 26 heteroatoms. The number of benzene rings is 3. The summed E-state index contributed by atoms with van der Waals surface area (Å²) in [5.74, 6) is -3.09. The zero-order valence-electron chi connectivity index (χ0n) is 49.9. The first kappa shape index (κ1) is 59.9. The van der Waals surface area contributed by atoms with Gasteiger partial charge in [-0.2, -0.15) is 9.97 Å². The highest BCUT2D eigenvalue weighted by atomic mass is 19.1. The number of aryl methyl sites for hydroxylation is 1. The maximum absolute atomic E-state index is 17.4. The van der Waals surface area contributed by atoms with Gasteiger partial charge in [0.2, 0.25) is 11.5 Å². The molecule has 6 atom stereocenters. The summed E-state index contributed by atoms with van der Waals surface area (Å²) >= 11 is 0. The van der Waals surface area contributed by atoms with E-state index in [0.29, 0.717) is 71.7 Å². The predicted octanol–water partition coefficient (Wildman–Crippen LogP) is 6.41. The molecule has 22 nitrogen and oxygen atoms in total. The number of pyridine rings is 3. The molecule has 0 saturated carbocycles. The Kier molecular flexibility index (Phi) is 14.7. The van der Waals surface area contributed by atoms with Crippen LogP contribution in [0.4, 0.5) is 28.2 Å². The lowest BCUT2D eigenvalue weighted by Gasteiger charge is -2.42. The molecule has 474 valence electrons. The molecule has 7 aromatic rings. The van der Waals surface area contributed by atoms with Crippen molar-refractivity contribution in [2.45, 2.75) is 114 Å². The molecule has 7 aliphatic rings. The number of hydrogen-bond donors (Lipinski definition) is 4. The Morgan fingerprint density at radius 3 is 2.52 bits per heavy atom. The van der Waals surface area contributed by atoms with Gasteiger partial charge in [0.25, 0.3) is 11.5 Å². The van der Waals surface area contributed by atoms with Crippen molar-refractivity contribution < 1.29 is 70.7 Å². The average molecular weight is 1260 g/mol. The number of aromatic hydroxyl groups is 1. The molecule has 2 unspecified atom stereocenters. The summed E-state index contributed by atoms with van der Waals surface area (Å²) in [7, 11) is 0. The van der Waals surface area contributed by atoms with Crippen molar-refractivity contribution >= 4 is 68.2 Å². The first-order chi connectivity index (χ1) is 44.2. The third-order valence-corrected chi connectivity index (χ3v) is 19.5. The highest BCUT2D eigenvalue weighted by molar-refractivity contribution is 6.03. The van der Waals surface area contributed by atoms with Crippen LogP contribution in [0.25, 0.3) is 55.2 Å². The van der Waals surface area contributed by atoms with Crippen molar-refractivity contribution in [2.24, 2.45) is 0 Å². The summed E-state index contributed by atoms with van der Waals surface area (Å²) in [6.45, 7) is 5.80. The fourth-order valence-corrected chi connectivity index (χ4v) is 15.2. The van der Waals surface area contributed by atoms with E-state index in [9.17, 15) is 43.4 Å². The Bertz CT molecular complexity index is 4530. The predicted molar refractivity (Wildman–Crippen MR) is 322 cm³/mol. The molecule has 3 aromatic carbocycles. The number of fused-ring (bicyclic) bond motifs is 10. The van der Waals surface area contributed by atoms with Crippen LogP contribution >= 0.6 is 0 Å². The van der Waals surface area contributed by atoms with E-state index in [1.165, 1.54) is 41.1 Å². The highest BCUT2D eigenvalue weighted by Crippen LogP contribution is 2.48. The fraction of sp³-hybridized carbons (Fsp3) is 0.394. The number of rotatable bonds is 14. The van der Waals surface area contributed by atoms with Crippen LogP contribution in [0.2, 0.25) is 0 Å². The molecular weight excluding hydrogens is 1200 g/mol. The molecule has 0 spiro atoms. The molecule has 14 rings (SSSR count). The van der Waals surface area contributed by atoms with E-state index in [-0.39, 0.29) is 130 Å². The van der Waals surface area contributed by atoms with E-state index >= 15 is 13.2 Å². The van der Waals surface area contributed by atoms with Gasteiger partial charge in [-0.15, -0.1) is 6.42 Å². The van der Waals surface area contributed by atoms with Gasteiger partial charge in [0, 0.05) is 71.4 Å². The van der Waals surface area contributed by atoms with E-state index in [1.54, 1.807) is 18.7 Å². The first-order valence-electron chi connectivity index (χ1n) is 30.4. The number of carbonyl (C=O) groups excluding carboxylic acids is 5. The normalized spacial score (nSPS) is 22.6. The molecule has 92 heavy (non-hydrogen) atoms. The number of alkyl carbamates (subject to hydrolysis) is 1. The van der Waals surface area contributed by atoms with Crippen LogP contribution in [0.15, 0.2) is 59.5 Å². The summed E-state index contributed by atoms with van der Waals surface area (Å²) in [5.41, 5.74) is -0.966. The summed E-state index contributed by atoms with van der Waals surface area (Å²) < 4.78 is 87.5. The number of anilines is 1. The van der Waals surface area contributed by atoms with Gasteiger partial charge in [-0.3, -0.25) is 29.1 Å². The minimum atomic E-state index is -2.18. The maximum Gasteiger partial charge on any atom is 0.407 e. The SMILES string of the molecule is C#Cc1c(F)ccc2cc(O)cc(-c3ncc4c(N5CC6CCC(C5)N6C(=O)C(=C)COC(=O)NCC(=O)O[C@]5(CC)C(=O)OCc6c5cc5n(c6=O)Cc6c-5nc5cc(F)c(C)c7c5c6[C@@H](NC(=O)CO)CC7)nc(OC[C@@]56CCCN5C[C@H](F)C6)nc4c3F)c12. The summed E-state index contributed by atoms with van der Waals surface area (Å²) in [4.78, 5) is 107. The van der Waals surface area contributed by atoms with Gasteiger partial charge in [0.1, 0.15) is 73.6 Å². The molecule has 2 bridgehead atoms. The summed E-state index contributed by atoms with van der Waals surface area (Å²) in [6.07, 6.45) is 8.35. The van der Waals surface area contributed by atoms with E-state index in [0.717, 1.165) is 12.5 Å². The summed E-state index contributed by atoms with van der Waals surface area (Å²) in [5, 5.41) is 26.9. The Morgan fingerprint density at radius 2 is 1.76 bits per heavy atom. The quantitative estimate of drug-likeness (QED) is 0.0301. The molecule has 0 radical (unpaired) electrons. The topological polar surface area (TPSA) is 270 Å². The lowest BCUT2D eigenvalue weighted by atomic mass is 9.81. The van der Waals surface area contributed by atoms with Crippen LogP contribution in [0, 0.1) is 36.7 Å². The Labute approximate surface area is 521 Å². The Hall–Kier alpha value is -9.74. The molecule has 4 saturated heterocycles. The van der Waals surface area contributed by atoms with Gasteiger partial charge < -0.3 is 54.2 Å². The second-order valence-corrected chi connectivity index (χ2v) is 24.6. The number of aromatic nitrogens is 5. The lowest BCUT2D eigenvalue weighted by molar-refractivity contribution is -0.188. The van der Waals surface area contributed by atoms with Crippen molar-refractivity contribution in [3.63, 3.8) is 0 Å². The standard InChI is InChI=1S/C66H60F4N10O12/c1-5-38-45(68)12-8-33-16-37(82)17-40(52(33)38)57-55(70)58-41(21-71-57)59(76-63(75-58)91-30-65-14-7-15-78(65)23-34(67)20-65)77-24-35-9-10-36(25-77)80(35)60(85)31(3)28-90-64(88)72-22-51(84)92-66(6-2)44-18-49-56-42(26-79(49)61(86)43(44)29-89-62(66)87)54-47(73-50(83)27-81)13-11-39-32(4)46(69)19-48(74-56)53(39)54/h1,8,12,16-19,21,34-36,47,81-82H,3,6-7,9-11,13-15,20,22-30H2,2,4H3,(H,72,88)(H,73,83)/t34-,35?,36?,47+,65+,66+/m1/s1. The largest absolute Gasteiger partial charge is 0.508 e. The fourth-order valence-electron chi connectivity index (χ4n) is 15.2. The number of hydrogen-bond acceptors (Lipinski definition) is 18. The maximum atomic E-state index is 17.4. The van der Waals surface area contributed by atoms with Crippen LogP contribution in [0.3, 0.4) is 0 Å². The van der Waals surface area contributed by atoms with Crippen LogP contribution in [0.1, 0.15) is 96.9 Å². The number of amides is 3. The van der Waals surface area contributed by atoms with Gasteiger partial charge >= 0.3 is 24.0 Å². The zero-order valence-corrected chi connectivity index (χ0v) is 49.9. The number of esters is 2. The number of phenolic OH excluding ortho intramolecular Hbond substituents is 1. The van der Waals surface area contributed by atoms with E-state index in [1.807, 2.05) is 4.90 Å². The van der Waals surface area contributed by atoms with Gasteiger partial charge in [-0.25, -0.2) is 32.1 Å². The first-order valence-corrected chi connectivity index (χ1v) is 30.4. The Balaban J connectivity index is 0.668. The average Bonchev–Trinajstić information content (AvgIpc) is 1.47. The molecule has 4 fully saturated rings. The molecule has 6 aliphatic heterocycles.